The van der Waals surface area contributed by atoms with Gasteiger partial charge in [-0.25, -0.2) is 4.79 Å². The van der Waals surface area contributed by atoms with Crippen molar-refractivity contribution in [3.63, 3.8) is 0 Å². The lowest BCUT2D eigenvalue weighted by Gasteiger charge is -1.96. The molecule has 1 aliphatic rings. The van der Waals surface area contributed by atoms with E-state index in [1.54, 1.807) is 11.7 Å². The van der Waals surface area contributed by atoms with E-state index in [4.69, 9.17) is 23.2 Å². The zero-order valence-electron chi connectivity index (χ0n) is 7.46. The first-order chi connectivity index (χ1) is 6.59. The highest BCUT2D eigenvalue weighted by atomic mass is 35.5. The summed E-state index contributed by atoms with van der Waals surface area (Å²) in [5.74, 6) is 0.541. The second-order valence-corrected chi connectivity index (χ2v) is 3.93. The third-order valence-corrected chi connectivity index (χ3v) is 2.58. The molecule has 0 atom stereocenters. The minimum Gasteiger partial charge on any atom is -0.392 e. The summed E-state index contributed by atoms with van der Waals surface area (Å²) in [7, 11) is 1.77. The molecule has 1 saturated carbocycles. The van der Waals surface area contributed by atoms with Crippen LogP contribution in [-0.4, -0.2) is 15.2 Å². The van der Waals surface area contributed by atoms with E-state index in [2.05, 4.69) is 9.84 Å². The number of nitrogens with zero attached hydrogens (tertiary/aromatic N) is 2. The Morgan fingerprint density at radius 3 is 2.79 bits per heavy atom. The molecule has 0 bridgehead atoms. The molecular weight excluding hydrogens is 227 g/mol. The van der Waals surface area contributed by atoms with Gasteiger partial charge < -0.3 is 4.74 Å². The fourth-order valence-corrected chi connectivity index (χ4v) is 1.85. The molecule has 1 aromatic rings. The molecule has 2 rings (SSSR count). The van der Waals surface area contributed by atoms with E-state index in [0.717, 1.165) is 18.5 Å². The summed E-state index contributed by atoms with van der Waals surface area (Å²) in [5.41, 5.74) is -0.00747. The molecule has 0 spiro atoms. The number of hydrogen-bond donors (Lipinski definition) is 0. The Labute approximate surface area is 90.7 Å². The van der Waals surface area contributed by atoms with Gasteiger partial charge in [0, 0.05) is 24.6 Å². The fraction of sp³-hybridized carbons (Fsp3) is 0.500. The molecule has 14 heavy (non-hydrogen) atoms. The maximum Gasteiger partial charge on any atom is 0.410 e. The van der Waals surface area contributed by atoms with E-state index in [0.29, 0.717) is 10.9 Å². The molecule has 0 aromatic carbocycles. The van der Waals surface area contributed by atoms with Gasteiger partial charge in [0.15, 0.2) is 0 Å². The lowest BCUT2D eigenvalue weighted by molar-refractivity contribution is 0.223. The van der Waals surface area contributed by atoms with Crippen LogP contribution < -0.4 is 4.74 Å². The number of halogens is 2. The van der Waals surface area contributed by atoms with Crippen molar-refractivity contribution >= 4 is 28.6 Å². The largest absolute Gasteiger partial charge is 0.410 e. The molecule has 76 valence electrons. The van der Waals surface area contributed by atoms with Crippen LogP contribution in [-0.2, 0) is 7.05 Å². The Hall–Kier alpha value is -0.740. The van der Waals surface area contributed by atoms with Crippen molar-refractivity contribution in [1.29, 1.82) is 0 Å². The van der Waals surface area contributed by atoms with Crippen LogP contribution in [0.15, 0.2) is 0 Å². The molecule has 4 nitrogen and oxygen atoms in total. The maximum absolute atomic E-state index is 10.5. The summed E-state index contributed by atoms with van der Waals surface area (Å²) < 4.78 is 6.28. The molecule has 0 aliphatic heterocycles. The van der Waals surface area contributed by atoms with E-state index in [9.17, 15) is 4.79 Å². The Morgan fingerprint density at radius 2 is 2.29 bits per heavy atom. The van der Waals surface area contributed by atoms with Gasteiger partial charge >= 0.3 is 5.43 Å². The van der Waals surface area contributed by atoms with Crippen LogP contribution in [0.25, 0.3) is 0 Å². The predicted octanol–water partition coefficient (Wildman–Crippen LogP) is 2.69. The normalized spacial score (nSPS) is 15.6. The smallest absolute Gasteiger partial charge is 0.392 e. The van der Waals surface area contributed by atoms with Crippen LogP contribution in [0.4, 0.5) is 4.79 Å². The summed E-state index contributed by atoms with van der Waals surface area (Å²) in [6.45, 7) is 0. The molecule has 1 aliphatic carbocycles. The van der Waals surface area contributed by atoms with Crippen LogP contribution in [0.5, 0.6) is 5.88 Å². The highest BCUT2D eigenvalue weighted by Gasteiger charge is 2.31. The van der Waals surface area contributed by atoms with Gasteiger partial charge in [-0.05, 0) is 12.8 Å². The third-order valence-electron chi connectivity index (χ3n) is 2.14. The first-order valence-corrected chi connectivity index (χ1v) is 4.95. The van der Waals surface area contributed by atoms with Crippen LogP contribution >= 0.6 is 23.2 Å². The molecule has 1 fully saturated rings. The lowest BCUT2D eigenvalue weighted by atomic mass is 10.3. The topological polar surface area (TPSA) is 44.1 Å². The van der Waals surface area contributed by atoms with Crippen molar-refractivity contribution in [3.8, 4) is 5.88 Å². The molecule has 0 radical (unpaired) electrons. The average molecular weight is 235 g/mol. The quantitative estimate of drug-likeness (QED) is 0.740. The summed E-state index contributed by atoms with van der Waals surface area (Å²) in [4.78, 5) is 10.5. The number of carbonyl (C=O) groups is 1. The van der Waals surface area contributed by atoms with Gasteiger partial charge in [-0.15, -0.1) is 5.10 Å². The monoisotopic (exact) mass is 234 g/mol. The van der Waals surface area contributed by atoms with E-state index < -0.39 is 5.43 Å². The molecule has 0 N–H and O–H groups in total. The SMILES string of the molecule is Cn1nc(OC(=O)Cl)c(Cl)c1C1CC1. The third kappa shape index (κ3) is 1.72. The molecule has 0 saturated heterocycles. The Kier molecular flexibility index (Phi) is 2.41. The molecule has 1 heterocycles. The number of aromatic nitrogens is 2. The minimum atomic E-state index is -0.924. The van der Waals surface area contributed by atoms with E-state index in [-0.39, 0.29) is 5.88 Å². The van der Waals surface area contributed by atoms with Crippen LogP contribution in [0.2, 0.25) is 5.02 Å². The van der Waals surface area contributed by atoms with E-state index >= 15 is 0 Å². The van der Waals surface area contributed by atoms with Gasteiger partial charge in [-0.3, -0.25) is 4.68 Å². The van der Waals surface area contributed by atoms with Crippen molar-refractivity contribution < 1.29 is 9.53 Å². The zero-order valence-corrected chi connectivity index (χ0v) is 8.97. The predicted molar refractivity (Wildman–Crippen MR) is 52.1 cm³/mol. The van der Waals surface area contributed by atoms with Gasteiger partial charge in [-0.1, -0.05) is 11.6 Å². The van der Waals surface area contributed by atoms with Gasteiger partial charge in [0.25, 0.3) is 5.88 Å². The van der Waals surface area contributed by atoms with Crippen molar-refractivity contribution in [2.45, 2.75) is 18.8 Å². The zero-order chi connectivity index (χ0) is 10.3. The minimum absolute atomic E-state index is 0.0936. The summed E-state index contributed by atoms with van der Waals surface area (Å²) in [5, 5.41) is 4.36. The Bertz CT molecular complexity index is 385. The van der Waals surface area contributed by atoms with Gasteiger partial charge in [-0.2, -0.15) is 0 Å². The second-order valence-electron chi connectivity index (χ2n) is 3.24. The van der Waals surface area contributed by atoms with E-state index in [1.165, 1.54) is 0 Å². The second kappa shape index (κ2) is 3.44. The first kappa shape index (κ1) is 9.80. The maximum atomic E-state index is 10.5. The van der Waals surface area contributed by atoms with Gasteiger partial charge in [0.2, 0.25) is 0 Å². The van der Waals surface area contributed by atoms with Gasteiger partial charge in [0.05, 0.1) is 5.69 Å². The Morgan fingerprint density at radius 1 is 1.64 bits per heavy atom. The Balaban J connectivity index is 2.33. The molecule has 6 heteroatoms. The molecule has 0 amide bonds. The van der Waals surface area contributed by atoms with Crippen LogP contribution in [0.3, 0.4) is 0 Å². The number of hydrogen-bond acceptors (Lipinski definition) is 3. The van der Waals surface area contributed by atoms with E-state index in [1.807, 2.05) is 0 Å². The highest BCUT2D eigenvalue weighted by molar-refractivity contribution is 6.61. The van der Waals surface area contributed by atoms with Gasteiger partial charge in [0.1, 0.15) is 5.02 Å². The van der Waals surface area contributed by atoms with Crippen molar-refractivity contribution in [1.82, 2.24) is 9.78 Å². The molecular formula is C8H8Cl2N2O2. The summed E-state index contributed by atoms with van der Waals surface area (Å²) in [6, 6.07) is 0. The van der Waals surface area contributed by atoms with Crippen LogP contribution in [0, 0.1) is 0 Å². The first-order valence-electron chi connectivity index (χ1n) is 4.19. The lowest BCUT2D eigenvalue weighted by Crippen LogP contribution is -1.98. The highest BCUT2D eigenvalue weighted by Crippen LogP contribution is 2.45. The molecule has 1 aromatic heterocycles. The average Bonchev–Trinajstić information content (AvgIpc) is 2.82. The summed E-state index contributed by atoms with van der Waals surface area (Å²) in [6.07, 6.45) is 2.21. The number of rotatable bonds is 2. The molecule has 0 unspecified atom stereocenters. The standard InChI is InChI=1S/C8H8Cl2N2O2/c1-12-6(4-2-3-4)5(9)7(11-12)14-8(10)13/h4H,2-3H2,1H3. The van der Waals surface area contributed by atoms with Crippen molar-refractivity contribution in [2.24, 2.45) is 7.05 Å². The summed E-state index contributed by atoms with van der Waals surface area (Å²) >= 11 is 11.1. The van der Waals surface area contributed by atoms with Crippen LogP contribution in [0.1, 0.15) is 24.5 Å². The van der Waals surface area contributed by atoms with Crippen molar-refractivity contribution in [2.75, 3.05) is 0 Å². The number of ether oxygens (including phenoxy) is 1. The van der Waals surface area contributed by atoms with Crippen molar-refractivity contribution in [3.05, 3.63) is 10.7 Å². The number of aryl methyl sites for hydroxylation is 1. The number of carbonyl (C=O) groups excluding carboxylic acids is 1. The fourth-order valence-electron chi connectivity index (χ4n) is 1.43.